The van der Waals surface area contributed by atoms with Crippen molar-refractivity contribution < 1.29 is 14.8 Å². The van der Waals surface area contributed by atoms with Crippen molar-refractivity contribution in [1.82, 2.24) is 19.9 Å². The maximum absolute atomic E-state index is 9.95. The molecule has 2 N–H and O–H groups in total. The molecule has 0 aliphatic heterocycles. The van der Waals surface area contributed by atoms with E-state index in [9.17, 15) is 30.3 Å². The Morgan fingerprint density at radius 3 is 1.65 bits per heavy atom. The summed E-state index contributed by atoms with van der Waals surface area (Å²) in [5, 5.41) is 29.8. The topological polar surface area (TPSA) is 187 Å². The van der Waals surface area contributed by atoms with Crippen LogP contribution in [0.1, 0.15) is 5.82 Å². The van der Waals surface area contributed by atoms with Crippen molar-refractivity contribution in [3.63, 3.8) is 0 Å². The number of imidazole rings is 2. The van der Waals surface area contributed by atoms with E-state index in [-0.39, 0.29) is 5.82 Å². The second-order valence-corrected chi connectivity index (χ2v) is 3.22. The summed E-state index contributed by atoms with van der Waals surface area (Å²) in [5.74, 6) is -0.623. The minimum Gasteiger partial charge on any atom is -0.390 e. The van der Waals surface area contributed by atoms with Gasteiger partial charge in [0, 0.05) is 6.92 Å². The molecule has 2 heterocycles. The lowest BCUT2D eigenvalue weighted by molar-refractivity contribution is -0.402. The molecule has 0 aliphatic rings. The van der Waals surface area contributed by atoms with E-state index in [0.29, 0.717) is 5.82 Å². The van der Waals surface area contributed by atoms with Crippen LogP contribution < -0.4 is 0 Å². The highest BCUT2D eigenvalue weighted by atomic mass is 16.6. The van der Waals surface area contributed by atoms with Crippen molar-refractivity contribution in [1.29, 1.82) is 0 Å². The molecule has 0 bridgehead atoms. The van der Waals surface area contributed by atoms with Gasteiger partial charge in [-0.2, -0.15) is 4.98 Å². The summed E-state index contributed by atoms with van der Waals surface area (Å²) in [6.07, 6.45) is 1.98. The third-order valence-electron chi connectivity index (χ3n) is 1.80. The van der Waals surface area contributed by atoms with Crippen molar-refractivity contribution >= 4 is 17.6 Å². The zero-order valence-corrected chi connectivity index (χ0v) is 9.84. The van der Waals surface area contributed by atoms with Gasteiger partial charge < -0.3 is 30.3 Å². The highest BCUT2D eigenvalue weighted by molar-refractivity contribution is 5.21. The summed E-state index contributed by atoms with van der Waals surface area (Å²) in [5.41, 5.74) is 0. The highest BCUT2D eigenvalue weighted by Crippen LogP contribution is 2.10. The Hall–Kier alpha value is -3.38. The summed E-state index contributed by atoms with van der Waals surface area (Å²) in [6, 6.07) is 0. The van der Waals surface area contributed by atoms with Crippen LogP contribution >= 0.6 is 0 Å². The van der Waals surface area contributed by atoms with Crippen LogP contribution in [0.25, 0.3) is 0 Å². The largest absolute Gasteiger partial charge is 0.435 e. The van der Waals surface area contributed by atoms with Crippen molar-refractivity contribution in [2.24, 2.45) is 0 Å². The monoisotopic (exact) mass is 285 g/mol. The van der Waals surface area contributed by atoms with Gasteiger partial charge in [-0.05, 0) is 14.8 Å². The molecule has 0 fully saturated rings. The maximum atomic E-state index is 9.95. The molecule has 0 amide bonds. The summed E-state index contributed by atoms with van der Waals surface area (Å²) < 4.78 is 0. The third-order valence-corrected chi connectivity index (χ3v) is 1.80. The van der Waals surface area contributed by atoms with E-state index in [1.165, 1.54) is 6.20 Å². The van der Waals surface area contributed by atoms with Gasteiger partial charge in [0.2, 0.25) is 0 Å². The lowest BCUT2D eigenvalue weighted by atomic mass is 10.7. The average molecular weight is 285 g/mol. The first kappa shape index (κ1) is 14.7. The second-order valence-electron chi connectivity index (χ2n) is 3.22. The summed E-state index contributed by atoms with van der Waals surface area (Å²) >= 11 is 0. The molecule has 0 saturated heterocycles. The quantitative estimate of drug-likeness (QED) is 0.612. The van der Waals surface area contributed by atoms with Gasteiger partial charge >= 0.3 is 17.6 Å². The molecule has 0 aromatic carbocycles. The van der Waals surface area contributed by atoms with Crippen LogP contribution in [0, 0.1) is 37.3 Å². The Morgan fingerprint density at radius 2 is 1.40 bits per heavy atom. The molecule has 0 atom stereocenters. The molecule has 2 rings (SSSR count). The van der Waals surface area contributed by atoms with Crippen LogP contribution in [0.15, 0.2) is 12.4 Å². The van der Waals surface area contributed by atoms with Gasteiger partial charge in [0.25, 0.3) is 0 Å². The maximum Gasteiger partial charge on any atom is 0.435 e. The van der Waals surface area contributed by atoms with Crippen LogP contribution in [0.3, 0.4) is 0 Å². The average Bonchev–Trinajstić information content (AvgIpc) is 2.97. The SMILES string of the molecule is Cc1ncc([N+](=O)[O-])[nH]1.O=[N+]([O-])c1cnc([N+](=O)[O-])[nH]1. The standard InChI is InChI=1S/C4H5N3O2.C3H2N4O4/c1-3-5-2-4(6-3)7(8)9;8-6(9)2-1-4-3(5-2)7(10)11/h2H,1H3,(H,5,6);1H,(H,4,5). The van der Waals surface area contributed by atoms with E-state index in [4.69, 9.17) is 0 Å². The molecule has 20 heavy (non-hydrogen) atoms. The van der Waals surface area contributed by atoms with Crippen LogP contribution in [0.2, 0.25) is 0 Å². The lowest BCUT2D eigenvalue weighted by Crippen LogP contribution is -1.91. The third kappa shape index (κ3) is 3.83. The first-order valence-electron chi connectivity index (χ1n) is 4.81. The predicted molar refractivity (Wildman–Crippen MR) is 61.9 cm³/mol. The number of rotatable bonds is 3. The van der Waals surface area contributed by atoms with Gasteiger partial charge in [0.05, 0.1) is 0 Å². The van der Waals surface area contributed by atoms with Crippen molar-refractivity contribution in [2.45, 2.75) is 6.92 Å². The van der Waals surface area contributed by atoms with Gasteiger partial charge in [0.1, 0.15) is 6.20 Å². The fraction of sp³-hybridized carbons (Fsp3) is 0.143. The number of hydrogen-bond donors (Lipinski definition) is 2. The molecular weight excluding hydrogens is 278 g/mol. The zero-order chi connectivity index (χ0) is 15.3. The number of nitrogens with one attached hydrogen (secondary N) is 2. The number of H-pyrrole nitrogens is 2. The van der Waals surface area contributed by atoms with Crippen LogP contribution in [0.4, 0.5) is 17.6 Å². The first-order valence-corrected chi connectivity index (χ1v) is 4.81. The molecule has 2 aromatic heterocycles. The van der Waals surface area contributed by atoms with Crippen LogP contribution in [0.5, 0.6) is 0 Å². The number of aromatic amines is 2. The molecule has 0 spiro atoms. The number of aromatic nitrogens is 4. The van der Waals surface area contributed by atoms with Crippen LogP contribution in [-0.2, 0) is 0 Å². The van der Waals surface area contributed by atoms with Gasteiger partial charge in [-0.15, -0.1) is 0 Å². The molecule has 0 saturated carbocycles. The summed E-state index contributed by atoms with van der Waals surface area (Å²) in [6.45, 7) is 1.66. The minimum absolute atomic E-state index is 0.0625. The van der Waals surface area contributed by atoms with Crippen molar-refractivity contribution in [3.8, 4) is 0 Å². The van der Waals surface area contributed by atoms with Crippen molar-refractivity contribution in [2.75, 3.05) is 0 Å². The number of aryl methyl sites for hydroxylation is 1. The molecule has 13 heteroatoms. The minimum atomic E-state index is -0.840. The van der Waals surface area contributed by atoms with E-state index in [1.54, 1.807) is 6.92 Å². The fourth-order valence-corrected chi connectivity index (χ4v) is 0.988. The summed E-state index contributed by atoms with van der Waals surface area (Å²) in [7, 11) is 0. The Bertz CT molecular complexity index is 617. The molecular formula is C7H7N7O6. The Morgan fingerprint density at radius 1 is 0.900 bits per heavy atom. The van der Waals surface area contributed by atoms with E-state index in [1.807, 2.05) is 4.98 Å². The highest BCUT2D eigenvalue weighted by Gasteiger charge is 2.14. The number of hydrogen-bond acceptors (Lipinski definition) is 8. The van der Waals surface area contributed by atoms with Gasteiger partial charge in [-0.25, -0.2) is 9.97 Å². The first-order chi connectivity index (χ1) is 9.31. The zero-order valence-electron chi connectivity index (χ0n) is 9.84. The Balaban J connectivity index is 0.000000204. The Labute approximate surface area is 109 Å². The fourth-order valence-electron chi connectivity index (χ4n) is 0.988. The number of nitro groups is 3. The van der Waals surface area contributed by atoms with Crippen LogP contribution in [-0.4, -0.2) is 34.7 Å². The second kappa shape index (κ2) is 5.98. The van der Waals surface area contributed by atoms with E-state index in [2.05, 4.69) is 15.0 Å². The van der Waals surface area contributed by atoms with Crippen molar-refractivity contribution in [3.05, 3.63) is 48.6 Å². The van der Waals surface area contributed by atoms with Gasteiger partial charge in [-0.3, -0.25) is 0 Å². The molecule has 2 aromatic rings. The van der Waals surface area contributed by atoms with E-state index in [0.717, 1.165) is 6.20 Å². The van der Waals surface area contributed by atoms with E-state index >= 15 is 0 Å². The van der Waals surface area contributed by atoms with Gasteiger partial charge in [0.15, 0.2) is 12.0 Å². The molecule has 0 radical (unpaired) electrons. The lowest BCUT2D eigenvalue weighted by Gasteiger charge is -1.87. The molecule has 0 unspecified atom stereocenters. The smallest absolute Gasteiger partial charge is 0.390 e. The number of nitrogens with zero attached hydrogens (tertiary/aromatic N) is 5. The Kier molecular flexibility index (Phi) is 4.39. The van der Waals surface area contributed by atoms with E-state index < -0.39 is 26.5 Å². The molecule has 0 aliphatic carbocycles. The predicted octanol–water partition coefficient (Wildman–Crippen LogP) is 0.852. The van der Waals surface area contributed by atoms with Gasteiger partial charge in [-0.1, -0.05) is 4.98 Å². The summed E-state index contributed by atoms with van der Waals surface area (Å²) in [4.78, 5) is 38.8. The molecule has 106 valence electrons. The normalized spacial score (nSPS) is 9.45. The molecule has 13 nitrogen and oxygen atoms in total.